The summed E-state index contributed by atoms with van der Waals surface area (Å²) in [5, 5.41) is 0. The summed E-state index contributed by atoms with van der Waals surface area (Å²) in [5.74, 6) is 1.04. The van der Waals surface area contributed by atoms with Crippen LogP contribution in [0.1, 0.15) is 27.2 Å². The van der Waals surface area contributed by atoms with Gasteiger partial charge in [0.05, 0.1) is 12.4 Å². The molecule has 8 heavy (non-hydrogen) atoms. The molecule has 0 heterocycles. The highest BCUT2D eigenvalue weighted by Crippen LogP contribution is 1.95. The lowest BCUT2D eigenvalue weighted by molar-refractivity contribution is 0.230. The van der Waals surface area contributed by atoms with E-state index in [0.29, 0.717) is 0 Å². The van der Waals surface area contributed by atoms with E-state index in [1.807, 2.05) is 13.8 Å². The van der Waals surface area contributed by atoms with Gasteiger partial charge in [0.1, 0.15) is 0 Å². The van der Waals surface area contributed by atoms with Gasteiger partial charge >= 0.3 is 0 Å². The molecule has 1 heteroatoms. The van der Waals surface area contributed by atoms with Crippen LogP contribution in [0.3, 0.4) is 0 Å². The average Bonchev–Trinajstić information content (AvgIpc) is 1.68. The van der Waals surface area contributed by atoms with Crippen LogP contribution in [0.5, 0.6) is 0 Å². The first-order valence-corrected chi connectivity index (χ1v) is 3.10. The van der Waals surface area contributed by atoms with Crippen LogP contribution in [-0.2, 0) is 4.74 Å². The Morgan fingerprint density at radius 1 is 1.50 bits per heavy atom. The van der Waals surface area contributed by atoms with Crippen molar-refractivity contribution < 1.29 is 4.74 Å². The first-order chi connectivity index (χ1) is 3.81. The van der Waals surface area contributed by atoms with Crippen molar-refractivity contribution in [3.8, 4) is 0 Å². The van der Waals surface area contributed by atoms with Crippen LogP contribution in [0, 0.1) is 0 Å². The number of ether oxygens (including phenoxy) is 1. The Morgan fingerprint density at radius 3 is 2.50 bits per heavy atom. The van der Waals surface area contributed by atoms with E-state index in [0.717, 1.165) is 18.8 Å². The van der Waals surface area contributed by atoms with Gasteiger partial charge in [-0.3, -0.25) is 0 Å². The van der Waals surface area contributed by atoms with Crippen molar-refractivity contribution in [1.29, 1.82) is 0 Å². The zero-order chi connectivity index (χ0) is 6.41. The minimum Gasteiger partial charge on any atom is -0.499 e. The van der Waals surface area contributed by atoms with Crippen molar-refractivity contribution in [2.45, 2.75) is 27.2 Å². The lowest BCUT2D eigenvalue weighted by Crippen LogP contribution is -1.84. The summed E-state index contributed by atoms with van der Waals surface area (Å²) < 4.78 is 5.14. The van der Waals surface area contributed by atoms with Gasteiger partial charge in [-0.1, -0.05) is 6.92 Å². The molecule has 0 aliphatic heterocycles. The Kier molecular flexibility index (Phi) is 4.42. The highest BCUT2D eigenvalue weighted by atomic mass is 16.5. The smallest absolute Gasteiger partial charge is 0.0888 e. The fourth-order valence-electron chi connectivity index (χ4n) is 0.574. The predicted molar refractivity (Wildman–Crippen MR) is 35.7 cm³/mol. The van der Waals surface area contributed by atoms with Gasteiger partial charge in [-0.25, -0.2) is 0 Å². The van der Waals surface area contributed by atoms with E-state index in [-0.39, 0.29) is 0 Å². The van der Waals surface area contributed by atoms with Crippen LogP contribution in [0.25, 0.3) is 0 Å². The van der Waals surface area contributed by atoms with Gasteiger partial charge in [0, 0.05) is 0 Å². The maximum atomic E-state index is 5.14. The minimum absolute atomic E-state index is 0.780. The van der Waals surface area contributed by atoms with Gasteiger partial charge in [0.25, 0.3) is 0 Å². The van der Waals surface area contributed by atoms with Crippen LogP contribution in [-0.4, -0.2) is 6.61 Å². The molecule has 0 atom stereocenters. The lowest BCUT2D eigenvalue weighted by atomic mass is 10.4. The van der Waals surface area contributed by atoms with Crippen molar-refractivity contribution in [1.82, 2.24) is 0 Å². The first kappa shape index (κ1) is 7.54. The van der Waals surface area contributed by atoms with Gasteiger partial charge < -0.3 is 4.74 Å². The van der Waals surface area contributed by atoms with Gasteiger partial charge in [0.15, 0.2) is 0 Å². The summed E-state index contributed by atoms with van der Waals surface area (Å²) in [6.45, 7) is 6.85. The molecule has 0 spiro atoms. The SMILES string of the molecule is CCC=C(C)OCC. The van der Waals surface area contributed by atoms with Crippen LogP contribution >= 0.6 is 0 Å². The van der Waals surface area contributed by atoms with E-state index in [1.54, 1.807) is 0 Å². The normalized spacial score (nSPS) is 11.6. The molecule has 0 fully saturated rings. The van der Waals surface area contributed by atoms with Crippen molar-refractivity contribution >= 4 is 0 Å². The summed E-state index contributed by atoms with van der Waals surface area (Å²) >= 11 is 0. The molecule has 0 bridgehead atoms. The highest BCUT2D eigenvalue weighted by molar-refractivity contribution is 4.86. The van der Waals surface area contributed by atoms with E-state index >= 15 is 0 Å². The summed E-state index contributed by atoms with van der Waals surface area (Å²) in [5.41, 5.74) is 0. The van der Waals surface area contributed by atoms with E-state index in [4.69, 9.17) is 4.74 Å². The van der Waals surface area contributed by atoms with Crippen molar-refractivity contribution in [2.24, 2.45) is 0 Å². The molecule has 0 aliphatic rings. The number of hydrogen-bond acceptors (Lipinski definition) is 1. The molecule has 0 radical (unpaired) electrons. The van der Waals surface area contributed by atoms with E-state index < -0.39 is 0 Å². The van der Waals surface area contributed by atoms with Crippen LogP contribution in [0.15, 0.2) is 11.8 Å². The molecular formula is C7H14O. The molecule has 0 aromatic heterocycles. The summed E-state index contributed by atoms with van der Waals surface area (Å²) in [6, 6.07) is 0. The molecule has 0 saturated carbocycles. The molecule has 0 rings (SSSR count). The summed E-state index contributed by atoms with van der Waals surface area (Å²) in [6.07, 6.45) is 3.13. The van der Waals surface area contributed by atoms with Crippen molar-refractivity contribution in [3.05, 3.63) is 11.8 Å². The Balaban J connectivity index is 3.29. The Bertz CT molecular complexity index is 74.5. The second kappa shape index (κ2) is 4.69. The van der Waals surface area contributed by atoms with Crippen molar-refractivity contribution in [3.63, 3.8) is 0 Å². The molecule has 0 aromatic rings. The van der Waals surface area contributed by atoms with E-state index in [9.17, 15) is 0 Å². The van der Waals surface area contributed by atoms with Gasteiger partial charge in [0.2, 0.25) is 0 Å². The molecule has 0 unspecified atom stereocenters. The predicted octanol–water partition coefficient (Wildman–Crippen LogP) is 2.34. The standard InChI is InChI=1S/C7H14O/c1-4-6-7(3)8-5-2/h6H,4-5H2,1-3H3. The maximum Gasteiger partial charge on any atom is 0.0888 e. The van der Waals surface area contributed by atoms with Crippen LogP contribution in [0.2, 0.25) is 0 Å². The summed E-state index contributed by atoms with van der Waals surface area (Å²) in [7, 11) is 0. The van der Waals surface area contributed by atoms with Crippen LogP contribution < -0.4 is 0 Å². The highest BCUT2D eigenvalue weighted by Gasteiger charge is 1.80. The number of allylic oxidation sites excluding steroid dienone is 2. The largest absolute Gasteiger partial charge is 0.499 e. The topological polar surface area (TPSA) is 9.23 Å². The second-order valence-electron chi connectivity index (χ2n) is 1.66. The quantitative estimate of drug-likeness (QED) is 0.512. The molecule has 0 saturated heterocycles. The third-order valence-electron chi connectivity index (χ3n) is 0.864. The zero-order valence-electron chi connectivity index (χ0n) is 5.90. The number of hydrogen-bond donors (Lipinski definition) is 0. The summed E-state index contributed by atoms with van der Waals surface area (Å²) in [4.78, 5) is 0. The molecule has 48 valence electrons. The van der Waals surface area contributed by atoms with Crippen LogP contribution in [0.4, 0.5) is 0 Å². The average molecular weight is 114 g/mol. The third kappa shape index (κ3) is 3.72. The third-order valence-corrected chi connectivity index (χ3v) is 0.864. The van der Waals surface area contributed by atoms with Gasteiger partial charge in [-0.2, -0.15) is 0 Å². The molecule has 0 amide bonds. The fourth-order valence-corrected chi connectivity index (χ4v) is 0.574. The molecule has 0 aromatic carbocycles. The van der Waals surface area contributed by atoms with E-state index in [2.05, 4.69) is 13.0 Å². The molecule has 0 aliphatic carbocycles. The lowest BCUT2D eigenvalue weighted by Gasteiger charge is -1.99. The monoisotopic (exact) mass is 114 g/mol. The molecule has 1 nitrogen and oxygen atoms in total. The first-order valence-electron chi connectivity index (χ1n) is 3.10. The number of rotatable bonds is 3. The minimum atomic E-state index is 0.780. The second-order valence-corrected chi connectivity index (χ2v) is 1.66. The van der Waals surface area contributed by atoms with Gasteiger partial charge in [-0.05, 0) is 26.3 Å². The zero-order valence-corrected chi connectivity index (χ0v) is 5.90. The maximum absolute atomic E-state index is 5.14. The molecular weight excluding hydrogens is 100 g/mol. The van der Waals surface area contributed by atoms with Gasteiger partial charge in [-0.15, -0.1) is 0 Å². The Labute approximate surface area is 51.4 Å². The Hall–Kier alpha value is -0.460. The Morgan fingerprint density at radius 2 is 2.12 bits per heavy atom. The fraction of sp³-hybridized carbons (Fsp3) is 0.714. The molecule has 0 N–H and O–H groups in total. The van der Waals surface area contributed by atoms with E-state index in [1.165, 1.54) is 0 Å². The van der Waals surface area contributed by atoms with Crippen molar-refractivity contribution in [2.75, 3.05) is 6.61 Å².